The van der Waals surface area contributed by atoms with Gasteiger partial charge >= 0.3 is 5.97 Å². The molecule has 0 saturated carbocycles. The zero-order valence-electron chi connectivity index (χ0n) is 19.6. The summed E-state index contributed by atoms with van der Waals surface area (Å²) in [4.78, 5) is 54.2. The van der Waals surface area contributed by atoms with Gasteiger partial charge in [0.05, 0.1) is 27.9 Å². The van der Waals surface area contributed by atoms with Crippen LogP contribution >= 0.6 is 0 Å². The number of piperidine rings is 1. The molecular weight excluding hydrogens is 458 g/mol. The number of carbonyl (C=O) groups excluding carboxylic acids is 3. The van der Waals surface area contributed by atoms with Gasteiger partial charge in [-0.3, -0.25) is 14.4 Å². The maximum absolute atomic E-state index is 13.4. The molecule has 0 bridgehead atoms. The first-order valence-electron chi connectivity index (χ1n) is 11.9. The topological polar surface area (TPSA) is 107 Å². The van der Waals surface area contributed by atoms with Crippen LogP contribution in [0.25, 0.3) is 0 Å². The van der Waals surface area contributed by atoms with Crippen molar-refractivity contribution in [3.63, 3.8) is 0 Å². The lowest BCUT2D eigenvalue weighted by Gasteiger charge is -2.31. The van der Waals surface area contributed by atoms with Gasteiger partial charge in [0.2, 0.25) is 0 Å². The molecule has 0 atom stereocenters. The number of hydrogen-bond acceptors (Lipinski definition) is 5. The molecule has 2 N–H and O–H groups in total. The maximum atomic E-state index is 13.4. The average Bonchev–Trinajstić information content (AvgIpc) is 3.17. The first-order valence-corrected chi connectivity index (χ1v) is 11.9. The number of imide groups is 1. The van der Waals surface area contributed by atoms with Crippen LogP contribution in [-0.4, -0.2) is 41.9 Å². The van der Waals surface area contributed by atoms with Crippen molar-refractivity contribution in [3.05, 3.63) is 94.5 Å². The summed E-state index contributed by atoms with van der Waals surface area (Å²) in [7, 11) is 0. The number of nitrogens with zero attached hydrogens (tertiary/aromatic N) is 2. The third-order valence-corrected chi connectivity index (χ3v) is 6.61. The standard InChI is InChI=1S/C28H25N3O5/c32-25(29-17-18-7-3-1-4-8-18)23-16-20(10-12-24(23)30-13-5-2-6-14-30)31-26(33)21-11-9-19(28(35)36)15-22(21)27(31)34/h1,3-4,7-12,15-16H,2,5-6,13-14,17H2,(H,29,32)(H,35,36). The number of carboxylic acid groups (broad SMARTS) is 1. The number of benzene rings is 3. The molecule has 36 heavy (non-hydrogen) atoms. The van der Waals surface area contributed by atoms with E-state index in [0.717, 1.165) is 48.5 Å². The summed E-state index contributed by atoms with van der Waals surface area (Å²) in [5.41, 5.74) is 2.47. The fraction of sp³-hybridized carbons (Fsp3) is 0.214. The highest BCUT2D eigenvalue weighted by molar-refractivity contribution is 6.34. The first kappa shape index (κ1) is 23.3. The van der Waals surface area contributed by atoms with Crippen molar-refractivity contribution in [3.8, 4) is 0 Å². The Kier molecular flexibility index (Phi) is 6.25. The number of aromatic carboxylic acids is 1. The van der Waals surface area contributed by atoms with E-state index in [9.17, 15) is 24.3 Å². The van der Waals surface area contributed by atoms with Gasteiger partial charge in [0.15, 0.2) is 0 Å². The number of carboxylic acids is 1. The van der Waals surface area contributed by atoms with Crippen LogP contribution in [0.4, 0.5) is 11.4 Å². The van der Waals surface area contributed by atoms with E-state index in [2.05, 4.69) is 10.2 Å². The van der Waals surface area contributed by atoms with E-state index in [1.807, 2.05) is 30.3 Å². The molecule has 3 amide bonds. The lowest BCUT2D eigenvalue weighted by Crippen LogP contribution is -2.34. The van der Waals surface area contributed by atoms with E-state index >= 15 is 0 Å². The van der Waals surface area contributed by atoms with E-state index in [1.54, 1.807) is 18.2 Å². The summed E-state index contributed by atoms with van der Waals surface area (Å²) >= 11 is 0. The van der Waals surface area contributed by atoms with Crippen molar-refractivity contribution in [1.82, 2.24) is 5.32 Å². The Morgan fingerprint density at radius 3 is 2.28 bits per heavy atom. The van der Waals surface area contributed by atoms with Crippen molar-refractivity contribution in [2.24, 2.45) is 0 Å². The van der Waals surface area contributed by atoms with E-state index in [1.165, 1.54) is 18.2 Å². The van der Waals surface area contributed by atoms with E-state index in [0.29, 0.717) is 12.1 Å². The Balaban J connectivity index is 1.49. The number of rotatable bonds is 6. The minimum atomic E-state index is -1.18. The lowest BCUT2D eigenvalue weighted by atomic mass is 10.0. The molecule has 3 aromatic rings. The fourth-order valence-corrected chi connectivity index (χ4v) is 4.74. The smallest absolute Gasteiger partial charge is 0.335 e. The van der Waals surface area contributed by atoms with Crippen LogP contribution in [0.1, 0.15) is 66.3 Å². The van der Waals surface area contributed by atoms with Crippen LogP contribution in [0.2, 0.25) is 0 Å². The molecule has 0 aromatic heterocycles. The van der Waals surface area contributed by atoms with E-state index in [4.69, 9.17) is 0 Å². The molecule has 2 aliphatic heterocycles. The number of nitrogens with one attached hydrogen (secondary N) is 1. The number of fused-ring (bicyclic) bond motifs is 1. The number of carbonyl (C=O) groups is 4. The Morgan fingerprint density at radius 2 is 1.56 bits per heavy atom. The van der Waals surface area contributed by atoms with Crippen molar-refractivity contribution >= 4 is 35.1 Å². The van der Waals surface area contributed by atoms with Crippen molar-refractivity contribution in [2.45, 2.75) is 25.8 Å². The predicted molar refractivity (Wildman–Crippen MR) is 135 cm³/mol. The van der Waals surface area contributed by atoms with Crippen molar-refractivity contribution < 1.29 is 24.3 Å². The average molecular weight is 484 g/mol. The van der Waals surface area contributed by atoms with Crippen LogP contribution in [0.15, 0.2) is 66.7 Å². The second-order valence-electron chi connectivity index (χ2n) is 8.93. The molecular formula is C28H25N3O5. The van der Waals surface area contributed by atoms with Gasteiger partial charge in [-0.15, -0.1) is 0 Å². The minimum absolute atomic E-state index is 0.0371. The lowest BCUT2D eigenvalue weighted by molar-refractivity contribution is 0.0696. The Bertz CT molecular complexity index is 1360. The number of anilines is 2. The fourth-order valence-electron chi connectivity index (χ4n) is 4.74. The Hall–Kier alpha value is -4.46. The molecule has 2 heterocycles. The van der Waals surface area contributed by atoms with Crippen LogP contribution < -0.4 is 15.1 Å². The molecule has 182 valence electrons. The van der Waals surface area contributed by atoms with Crippen LogP contribution in [0.3, 0.4) is 0 Å². The molecule has 5 rings (SSSR count). The summed E-state index contributed by atoms with van der Waals surface area (Å²) in [6.45, 7) is 1.99. The Labute approximate surface area is 208 Å². The molecule has 0 radical (unpaired) electrons. The van der Waals surface area contributed by atoms with Gasteiger partial charge in [-0.1, -0.05) is 30.3 Å². The Morgan fingerprint density at radius 1 is 0.833 bits per heavy atom. The monoisotopic (exact) mass is 483 g/mol. The van der Waals surface area contributed by atoms with Gasteiger partial charge in [-0.05, 0) is 61.2 Å². The highest BCUT2D eigenvalue weighted by Crippen LogP contribution is 2.33. The summed E-state index contributed by atoms with van der Waals surface area (Å²) in [5.74, 6) is -2.64. The molecule has 1 saturated heterocycles. The quantitative estimate of drug-likeness (QED) is 0.511. The predicted octanol–water partition coefficient (Wildman–Crippen LogP) is 4.11. The van der Waals surface area contributed by atoms with E-state index < -0.39 is 17.8 Å². The third-order valence-electron chi connectivity index (χ3n) is 6.61. The van der Waals surface area contributed by atoms with E-state index in [-0.39, 0.29) is 28.3 Å². The zero-order valence-corrected chi connectivity index (χ0v) is 19.6. The molecule has 8 nitrogen and oxygen atoms in total. The third kappa shape index (κ3) is 4.33. The molecule has 8 heteroatoms. The normalized spacial score (nSPS) is 15.1. The molecule has 0 aliphatic carbocycles. The SMILES string of the molecule is O=C(O)c1ccc2c(c1)C(=O)N(c1ccc(N3CCCCC3)c(C(=O)NCc3ccccc3)c1)C2=O. The maximum Gasteiger partial charge on any atom is 0.335 e. The largest absolute Gasteiger partial charge is 0.478 e. The van der Waals surface area contributed by atoms with Crippen LogP contribution in [-0.2, 0) is 6.54 Å². The minimum Gasteiger partial charge on any atom is -0.478 e. The summed E-state index contributed by atoms with van der Waals surface area (Å²) < 4.78 is 0. The van der Waals surface area contributed by atoms with Gasteiger partial charge in [-0.2, -0.15) is 0 Å². The molecule has 2 aliphatic rings. The second-order valence-corrected chi connectivity index (χ2v) is 8.93. The second kappa shape index (κ2) is 9.65. The van der Waals surface area contributed by atoms with Crippen molar-refractivity contribution in [2.75, 3.05) is 22.9 Å². The molecule has 0 spiro atoms. The zero-order chi connectivity index (χ0) is 25.2. The first-order chi connectivity index (χ1) is 17.4. The number of amides is 3. The highest BCUT2D eigenvalue weighted by atomic mass is 16.4. The van der Waals surface area contributed by atoms with Gasteiger partial charge in [-0.25, -0.2) is 9.69 Å². The van der Waals surface area contributed by atoms with Gasteiger partial charge in [0.25, 0.3) is 17.7 Å². The van der Waals surface area contributed by atoms with Crippen LogP contribution in [0, 0.1) is 0 Å². The van der Waals surface area contributed by atoms with Crippen molar-refractivity contribution in [1.29, 1.82) is 0 Å². The van der Waals surface area contributed by atoms with Gasteiger partial charge in [0, 0.05) is 25.3 Å². The molecule has 1 fully saturated rings. The summed E-state index contributed by atoms with van der Waals surface area (Å²) in [5, 5.41) is 12.2. The summed E-state index contributed by atoms with van der Waals surface area (Å²) in [6, 6.07) is 18.5. The van der Waals surface area contributed by atoms with Crippen LogP contribution in [0.5, 0.6) is 0 Å². The summed E-state index contributed by atoms with van der Waals surface area (Å²) in [6.07, 6.45) is 3.19. The van der Waals surface area contributed by atoms with Gasteiger partial charge < -0.3 is 15.3 Å². The molecule has 0 unspecified atom stereocenters. The molecule has 3 aromatic carbocycles. The number of hydrogen-bond donors (Lipinski definition) is 2. The van der Waals surface area contributed by atoms with Gasteiger partial charge in [0.1, 0.15) is 0 Å². The highest BCUT2D eigenvalue weighted by Gasteiger charge is 2.38.